The molecule has 112 valence electrons. The molecule has 0 N–H and O–H groups in total. The average molecular weight is 315 g/mol. The van der Waals surface area contributed by atoms with E-state index < -0.39 is 10.2 Å². The molecule has 0 aliphatic carbocycles. The van der Waals surface area contributed by atoms with Crippen LogP contribution in [0.2, 0.25) is 0 Å². The van der Waals surface area contributed by atoms with Crippen LogP contribution >= 0.6 is 0 Å². The maximum atomic E-state index is 12.7. The van der Waals surface area contributed by atoms with Gasteiger partial charge in [-0.1, -0.05) is 48.5 Å². The summed E-state index contributed by atoms with van der Waals surface area (Å²) >= 11 is 0. The predicted octanol–water partition coefficient (Wildman–Crippen LogP) is 3.96. The Balaban J connectivity index is 2.06. The molecule has 3 nitrogen and oxygen atoms in total. The first kappa shape index (κ1) is 14.5. The standard InChI is InChI=1S/C17H14FNO2S/c18-22(20,21)11-10-15-13-19(12-14-6-2-1-3-7-14)17-9-5-4-8-16(15)17/h1-11,13H,12H2/b11-10+. The van der Waals surface area contributed by atoms with Crippen molar-refractivity contribution in [1.29, 1.82) is 0 Å². The Morgan fingerprint density at radius 1 is 1.00 bits per heavy atom. The lowest BCUT2D eigenvalue weighted by atomic mass is 10.2. The molecule has 0 bridgehead atoms. The van der Waals surface area contributed by atoms with Gasteiger partial charge in [0.05, 0.1) is 5.41 Å². The van der Waals surface area contributed by atoms with Gasteiger partial charge in [-0.3, -0.25) is 0 Å². The second-order valence-corrected chi connectivity index (χ2v) is 6.22. The summed E-state index contributed by atoms with van der Waals surface area (Å²) in [6.07, 6.45) is 3.12. The first-order valence-corrected chi connectivity index (χ1v) is 8.22. The van der Waals surface area contributed by atoms with Crippen LogP contribution < -0.4 is 0 Å². The summed E-state index contributed by atoms with van der Waals surface area (Å²) in [5, 5.41) is 1.47. The Morgan fingerprint density at radius 3 is 2.41 bits per heavy atom. The molecule has 3 aromatic rings. The van der Waals surface area contributed by atoms with Crippen LogP contribution in [0.1, 0.15) is 11.1 Å². The van der Waals surface area contributed by atoms with Gasteiger partial charge in [0.15, 0.2) is 0 Å². The van der Waals surface area contributed by atoms with Gasteiger partial charge in [0.1, 0.15) is 0 Å². The number of fused-ring (bicyclic) bond motifs is 1. The zero-order valence-electron chi connectivity index (χ0n) is 11.7. The molecule has 2 aromatic carbocycles. The molecule has 1 aromatic heterocycles. The van der Waals surface area contributed by atoms with Crippen LogP contribution in [0.3, 0.4) is 0 Å². The van der Waals surface area contributed by atoms with Crippen molar-refractivity contribution >= 4 is 27.2 Å². The SMILES string of the molecule is O=S(=O)(F)/C=C/c1cn(Cc2ccccc2)c2ccccc12. The van der Waals surface area contributed by atoms with Crippen LogP contribution in [0, 0.1) is 0 Å². The zero-order chi connectivity index (χ0) is 15.6. The normalized spacial score (nSPS) is 12.2. The Kier molecular flexibility index (Phi) is 3.81. The molecule has 5 heteroatoms. The molecular formula is C17H14FNO2S. The maximum Gasteiger partial charge on any atom is 0.325 e. The van der Waals surface area contributed by atoms with E-state index in [1.54, 1.807) is 0 Å². The molecule has 0 amide bonds. The smallest absolute Gasteiger partial charge is 0.325 e. The number of hydrogen-bond acceptors (Lipinski definition) is 2. The molecule has 0 saturated heterocycles. The fourth-order valence-electron chi connectivity index (χ4n) is 2.47. The van der Waals surface area contributed by atoms with Gasteiger partial charge in [-0.25, -0.2) is 0 Å². The van der Waals surface area contributed by atoms with Crippen LogP contribution in [-0.2, 0) is 16.8 Å². The van der Waals surface area contributed by atoms with E-state index in [-0.39, 0.29) is 0 Å². The van der Waals surface area contributed by atoms with Crippen molar-refractivity contribution in [3.63, 3.8) is 0 Å². The summed E-state index contributed by atoms with van der Waals surface area (Å²) in [5.74, 6) is 0. The van der Waals surface area contributed by atoms with E-state index in [9.17, 15) is 12.3 Å². The highest BCUT2D eigenvalue weighted by atomic mass is 32.3. The van der Waals surface area contributed by atoms with Crippen LogP contribution in [0.5, 0.6) is 0 Å². The first-order valence-electron chi connectivity index (χ1n) is 6.77. The third kappa shape index (κ3) is 3.26. The molecular weight excluding hydrogens is 301 g/mol. The lowest BCUT2D eigenvalue weighted by Crippen LogP contribution is -1.97. The number of aromatic nitrogens is 1. The van der Waals surface area contributed by atoms with Crippen molar-refractivity contribution in [2.75, 3.05) is 0 Å². The fourth-order valence-corrected chi connectivity index (χ4v) is 2.78. The van der Waals surface area contributed by atoms with Crippen molar-refractivity contribution in [3.05, 3.63) is 77.3 Å². The number of nitrogens with zero attached hydrogens (tertiary/aromatic N) is 1. The molecule has 0 spiro atoms. The Labute approximate surface area is 128 Å². The molecule has 0 radical (unpaired) electrons. The van der Waals surface area contributed by atoms with E-state index in [0.717, 1.165) is 16.5 Å². The lowest BCUT2D eigenvalue weighted by molar-refractivity contribution is 0.563. The highest BCUT2D eigenvalue weighted by Gasteiger charge is 2.08. The topological polar surface area (TPSA) is 39.1 Å². The average Bonchev–Trinajstić information content (AvgIpc) is 2.84. The molecule has 0 unspecified atom stereocenters. The summed E-state index contributed by atoms with van der Waals surface area (Å²) in [4.78, 5) is 0. The second kappa shape index (κ2) is 5.77. The van der Waals surface area contributed by atoms with Gasteiger partial charge in [-0.2, -0.15) is 8.42 Å². The van der Waals surface area contributed by atoms with E-state index in [1.807, 2.05) is 65.4 Å². The lowest BCUT2D eigenvalue weighted by Gasteiger charge is -2.05. The molecule has 0 aliphatic heterocycles. The molecule has 0 atom stereocenters. The highest BCUT2D eigenvalue weighted by molar-refractivity contribution is 7.89. The fraction of sp³-hybridized carbons (Fsp3) is 0.0588. The summed E-state index contributed by atoms with van der Waals surface area (Å²) in [7, 11) is -4.63. The third-order valence-electron chi connectivity index (χ3n) is 3.43. The molecule has 1 heterocycles. The van der Waals surface area contributed by atoms with E-state index in [2.05, 4.69) is 0 Å². The first-order chi connectivity index (χ1) is 10.5. The summed E-state index contributed by atoms with van der Waals surface area (Å²) in [6, 6.07) is 17.6. The van der Waals surface area contributed by atoms with Gasteiger partial charge < -0.3 is 4.57 Å². The number of benzene rings is 2. The van der Waals surface area contributed by atoms with Gasteiger partial charge in [0.2, 0.25) is 0 Å². The van der Waals surface area contributed by atoms with E-state index in [0.29, 0.717) is 17.5 Å². The van der Waals surface area contributed by atoms with Crippen molar-refractivity contribution in [1.82, 2.24) is 4.57 Å². The number of para-hydroxylation sites is 1. The van der Waals surface area contributed by atoms with Crippen LogP contribution in [0.25, 0.3) is 17.0 Å². The Morgan fingerprint density at radius 2 is 1.68 bits per heavy atom. The molecule has 22 heavy (non-hydrogen) atoms. The van der Waals surface area contributed by atoms with Crippen LogP contribution in [-0.4, -0.2) is 13.0 Å². The van der Waals surface area contributed by atoms with Gasteiger partial charge in [0, 0.05) is 29.2 Å². The number of rotatable bonds is 4. The summed E-state index contributed by atoms with van der Waals surface area (Å²) in [5.41, 5.74) is 2.78. The predicted molar refractivity (Wildman–Crippen MR) is 86.5 cm³/mol. The minimum atomic E-state index is -4.63. The third-order valence-corrected chi connectivity index (χ3v) is 3.89. The maximum absolute atomic E-state index is 12.7. The van der Waals surface area contributed by atoms with Crippen molar-refractivity contribution in [2.24, 2.45) is 0 Å². The zero-order valence-corrected chi connectivity index (χ0v) is 12.5. The van der Waals surface area contributed by atoms with Gasteiger partial charge in [0.25, 0.3) is 0 Å². The van der Waals surface area contributed by atoms with Gasteiger partial charge in [-0.05, 0) is 17.7 Å². The molecule has 0 fully saturated rings. The minimum absolute atomic E-state index is 0.585. The highest BCUT2D eigenvalue weighted by Crippen LogP contribution is 2.24. The number of hydrogen-bond donors (Lipinski definition) is 0. The van der Waals surface area contributed by atoms with Gasteiger partial charge >= 0.3 is 10.2 Å². The largest absolute Gasteiger partial charge is 0.342 e. The number of halogens is 1. The van der Waals surface area contributed by atoms with E-state index in [1.165, 1.54) is 6.08 Å². The molecule has 0 saturated carbocycles. The van der Waals surface area contributed by atoms with Gasteiger partial charge in [-0.15, -0.1) is 3.89 Å². The van der Waals surface area contributed by atoms with Crippen LogP contribution in [0.4, 0.5) is 3.89 Å². The van der Waals surface area contributed by atoms with Crippen molar-refractivity contribution in [3.8, 4) is 0 Å². The quantitative estimate of drug-likeness (QED) is 0.684. The van der Waals surface area contributed by atoms with Crippen molar-refractivity contribution < 1.29 is 12.3 Å². The summed E-state index contributed by atoms with van der Waals surface area (Å²) < 4.78 is 36.1. The van der Waals surface area contributed by atoms with E-state index >= 15 is 0 Å². The Bertz CT molecular complexity index is 928. The minimum Gasteiger partial charge on any atom is -0.342 e. The van der Waals surface area contributed by atoms with Crippen molar-refractivity contribution in [2.45, 2.75) is 6.54 Å². The summed E-state index contributed by atoms with van der Waals surface area (Å²) in [6.45, 7) is 0.664. The van der Waals surface area contributed by atoms with Crippen LogP contribution in [0.15, 0.2) is 66.2 Å². The monoisotopic (exact) mass is 315 g/mol. The molecule has 0 aliphatic rings. The van der Waals surface area contributed by atoms with E-state index in [4.69, 9.17) is 0 Å². The molecule has 3 rings (SSSR count). The Hall–Kier alpha value is -2.40. The second-order valence-electron chi connectivity index (χ2n) is 4.99.